The average Bonchev–Trinajstić information content (AvgIpc) is 2.76. The summed E-state index contributed by atoms with van der Waals surface area (Å²) in [4.78, 5) is 24.7. The lowest BCUT2D eigenvalue weighted by Crippen LogP contribution is -2.34. The molecule has 0 unspecified atom stereocenters. The molecule has 0 aliphatic carbocycles. The molecule has 8 heteroatoms. The van der Waals surface area contributed by atoms with Crippen LogP contribution in [0.25, 0.3) is 0 Å². The number of carbonyl (C=O) groups is 2. The van der Waals surface area contributed by atoms with E-state index in [-0.39, 0.29) is 30.4 Å². The van der Waals surface area contributed by atoms with Gasteiger partial charge in [-0.1, -0.05) is 29.8 Å². The second-order valence-corrected chi connectivity index (χ2v) is 8.67. The fourth-order valence-corrected chi connectivity index (χ4v) is 4.28. The first-order valence-electron chi connectivity index (χ1n) is 9.80. The highest BCUT2D eigenvalue weighted by Crippen LogP contribution is 2.35. The van der Waals surface area contributed by atoms with Crippen LogP contribution in [0.2, 0.25) is 5.02 Å². The number of nitrogens with one attached hydrogen (secondary N) is 1. The van der Waals surface area contributed by atoms with E-state index in [1.807, 2.05) is 30.3 Å². The van der Waals surface area contributed by atoms with Crippen LogP contribution < -0.4 is 9.62 Å². The molecule has 0 saturated carbocycles. The predicted molar refractivity (Wildman–Crippen MR) is 126 cm³/mol. The van der Waals surface area contributed by atoms with E-state index in [0.717, 1.165) is 21.7 Å². The second-order valence-electron chi connectivity index (χ2n) is 7.20. The molecular weight excluding hydrogens is 451 g/mol. The zero-order chi connectivity index (χ0) is 23.3. The van der Waals surface area contributed by atoms with Gasteiger partial charge in [-0.05, 0) is 85.0 Å². The molecule has 2 N–H and O–H groups in total. The molecule has 166 valence electrons. The number of benzene rings is 3. The Hall–Kier alpha value is -3.03. The Labute approximate surface area is 195 Å². The van der Waals surface area contributed by atoms with Crippen LogP contribution in [-0.2, 0) is 11.3 Å². The van der Waals surface area contributed by atoms with E-state index in [2.05, 4.69) is 5.32 Å². The third-order valence-corrected chi connectivity index (χ3v) is 6.41. The molecule has 0 aliphatic rings. The third kappa shape index (κ3) is 6.02. The Morgan fingerprint density at radius 2 is 1.84 bits per heavy atom. The monoisotopic (exact) mass is 472 g/mol. The Balaban J connectivity index is 1.78. The Kier molecular flexibility index (Phi) is 7.77. The molecule has 1 amide bonds. The van der Waals surface area contributed by atoms with Gasteiger partial charge in [-0.2, -0.15) is 0 Å². The zero-order valence-corrected chi connectivity index (χ0v) is 19.1. The lowest BCUT2D eigenvalue weighted by atomic mass is 10.1. The van der Waals surface area contributed by atoms with Crippen LogP contribution in [0.3, 0.4) is 0 Å². The molecule has 32 heavy (non-hydrogen) atoms. The highest BCUT2D eigenvalue weighted by atomic mass is 35.5. The molecule has 0 atom stereocenters. The van der Waals surface area contributed by atoms with Crippen LogP contribution in [0.1, 0.15) is 27.0 Å². The number of carbonyl (C=O) groups excluding carboxylic acids is 1. The van der Waals surface area contributed by atoms with Gasteiger partial charge >= 0.3 is 5.97 Å². The van der Waals surface area contributed by atoms with Crippen molar-refractivity contribution in [1.29, 1.82) is 0 Å². The van der Waals surface area contributed by atoms with Gasteiger partial charge in [0, 0.05) is 16.5 Å². The number of anilines is 1. The summed E-state index contributed by atoms with van der Waals surface area (Å²) in [6.07, 6.45) is 0. The smallest absolute Gasteiger partial charge is 0.335 e. The molecule has 5 nitrogen and oxygen atoms in total. The number of carboxylic acids is 1. The Bertz CT molecular complexity index is 1160. The van der Waals surface area contributed by atoms with E-state index in [9.17, 15) is 14.0 Å². The number of amides is 1. The van der Waals surface area contributed by atoms with Crippen molar-refractivity contribution in [3.05, 3.63) is 93.8 Å². The van der Waals surface area contributed by atoms with E-state index in [1.165, 1.54) is 36.2 Å². The Morgan fingerprint density at radius 3 is 2.56 bits per heavy atom. The van der Waals surface area contributed by atoms with E-state index in [4.69, 9.17) is 16.7 Å². The number of halogens is 2. The van der Waals surface area contributed by atoms with E-state index >= 15 is 0 Å². The highest BCUT2D eigenvalue weighted by Gasteiger charge is 2.18. The largest absolute Gasteiger partial charge is 0.478 e. The van der Waals surface area contributed by atoms with Gasteiger partial charge in [-0.25, -0.2) is 9.18 Å². The fourth-order valence-electron chi connectivity index (χ4n) is 3.07. The van der Waals surface area contributed by atoms with Gasteiger partial charge in [-0.3, -0.25) is 4.79 Å². The lowest BCUT2D eigenvalue weighted by molar-refractivity contribution is -0.119. The van der Waals surface area contributed by atoms with Crippen LogP contribution in [-0.4, -0.2) is 23.5 Å². The molecule has 0 aliphatic heterocycles. The van der Waals surface area contributed by atoms with Crippen molar-refractivity contribution in [3.63, 3.8) is 0 Å². The summed E-state index contributed by atoms with van der Waals surface area (Å²) in [5.41, 5.74) is 3.20. The van der Waals surface area contributed by atoms with Crippen molar-refractivity contribution in [2.24, 2.45) is 0 Å². The maximum absolute atomic E-state index is 13.5. The van der Waals surface area contributed by atoms with Gasteiger partial charge in [0.05, 0.1) is 11.3 Å². The van der Waals surface area contributed by atoms with Gasteiger partial charge in [0.1, 0.15) is 12.4 Å². The summed E-state index contributed by atoms with van der Waals surface area (Å²) in [6.45, 7) is 3.89. The SMILES string of the molecule is Cc1cc(F)ccc1SN(CC(=O)NCc1cccc(C(=O)O)c1)c1cccc(Cl)c1C. The minimum atomic E-state index is -1.02. The predicted octanol–water partition coefficient (Wildman–Crippen LogP) is 5.62. The van der Waals surface area contributed by atoms with Crippen molar-refractivity contribution in [1.82, 2.24) is 5.32 Å². The molecule has 0 aromatic heterocycles. The summed E-state index contributed by atoms with van der Waals surface area (Å²) in [7, 11) is 0. The van der Waals surface area contributed by atoms with Crippen molar-refractivity contribution >= 4 is 41.1 Å². The van der Waals surface area contributed by atoms with Gasteiger partial charge in [0.15, 0.2) is 0 Å². The Morgan fingerprint density at radius 1 is 1.09 bits per heavy atom. The molecule has 3 aromatic rings. The minimum absolute atomic E-state index is 0.0152. The summed E-state index contributed by atoms with van der Waals surface area (Å²) >= 11 is 7.62. The number of nitrogens with zero attached hydrogens (tertiary/aromatic N) is 1. The summed E-state index contributed by atoms with van der Waals surface area (Å²) in [5, 5.41) is 12.5. The number of carboxylic acid groups (broad SMARTS) is 1. The molecule has 0 saturated heterocycles. The van der Waals surface area contributed by atoms with Crippen LogP contribution in [0, 0.1) is 19.7 Å². The van der Waals surface area contributed by atoms with Crippen LogP contribution >= 0.6 is 23.5 Å². The van der Waals surface area contributed by atoms with E-state index < -0.39 is 5.97 Å². The molecular formula is C24H22ClFN2O3S. The van der Waals surface area contributed by atoms with E-state index in [1.54, 1.807) is 24.3 Å². The molecule has 3 rings (SSSR count). The average molecular weight is 473 g/mol. The number of aryl methyl sites for hydroxylation is 1. The first kappa shape index (κ1) is 23.6. The zero-order valence-electron chi connectivity index (χ0n) is 17.6. The van der Waals surface area contributed by atoms with Crippen LogP contribution in [0.5, 0.6) is 0 Å². The van der Waals surface area contributed by atoms with Crippen molar-refractivity contribution in [2.75, 3.05) is 10.8 Å². The molecule has 0 bridgehead atoms. The number of hydrogen-bond acceptors (Lipinski definition) is 4. The van der Waals surface area contributed by atoms with Gasteiger partial charge < -0.3 is 14.7 Å². The van der Waals surface area contributed by atoms with Crippen molar-refractivity contribution < 1.29 is 19.1 Å². The first-order chi connectivity index (χ1) is 15.2. The van der Waals surface area contributed by atoms with Crippen molar-refractivity contribution in [2.45, 2.75) is 25.3 Å². The van der Waals surface area contributed by atoms with Gasteiger partial charge in [-0.15, -0.1) is 0 Å². The summed E-state index contributed by atoms with van der Waals surface area (Å²) < 4.78 is 15.3. The van der Waals surface area contributed by atoms with Gasteiger partial charge in [0.25, 0.3) is 0 Å². The maximum atomic E-state index is 13.5. The summed E-state index contributed by atoms with van der Waals surface area (Å²) in [5.74, 6) is -1.59. The minimum Gasteiger partial charge on any atom is -0.478 e. The first-order valence-corrected chi connectivity index (χ1v) is 11.0. The number of hydrogen-bond donors (Lipinski definition) is 2. The number of rotatable bonds is 8. The molecule has 3 aromatic carbocycles. The number of aromatic carboxylic acids is 1. The lowest BCUT2D eigenvalue weighted by Gasteiger charge is -2.25. The quantitative estimate of drug-likeness (QED) is 0.416. The molecule has 0 radical (unpaired) electrons. The maximum Gasteiger partial charge on any atom is 0.335 e. The van der Waals surface area contributed by atoms with Crippen LogP contribution in [0.15, 0.2) is 65.6 Å². The van der Waals surface area contributed by atoms with E-state index in [0.29, 0.717) is 10.6 Å². The highest BCUT2D eigenvalue weighted by molar-refractivity contribution is 8.00. The molecule has 0 spiro atoms. The fraction of sp³-hybridized carbons (Fsp3) is 0.167. The van der Waals surface area contributed by atoms with Crippen LogP contribution in [0.4, 0.5) is 10.1 Å². The summed E-state index contributed by atoms with van der Waals surface area (Å²) in [6, 6.07) is 16.4. The molecule has 0 fully saturated rings. The topological polar surface area (TPSA) is 69.6 Å². The van der Waals surface area contributed by atoms with Gasteiger partial charge in [0.2, 0.25) is 5.91 Å². The second kappa shape index (κ2) is 10.5. The normalized spacial score (nSPS) is 10.6. The molecule has 0 heterocycles. The third-order valence-electron chi connectivity index (χ3n) is 4.80. The van der Waals surface area contributed by atoms with Crippen molar-refractivity contribution in [3.8, 4) is 0 Å². The standard InChI is InChI=1S/C24H22ClFN2O3S/c1-15-11-19(26)9-10-22(15)32-28(21-8-4-7-20(25)16(21)2)14-23(29)27-13-17-5-3-6-18(12-17)24(30)31/h3-12H,13-14H2,1-2H3,(H,27,29)(H,30,31).